The van der Waals surface area contributed by atoms with Crippen LogP contribution in [0.5, 0.6) is 0 Å². The summed E-state index contributed by atoms with van der Waals surface area (Å²) in [5.74, 6) is -0.215. The van der Waals surface area contributed by atoms with Crippen molar-refractivity contribution in [3.63, 3.8) is 0 Å². The van der Waals surface area contributed by atoms with Crippen LogP contribution in [0.2, 0.25) is 0 Å². The topological polar surface area (TPSA) is 69.7 Å². The smallest absolute Gasteiger partial charge is 0.306 e. The molecule has 1 saturated heterocycles. The predicted molar refractivity (Wildman–Crippen MR) is 75.3 cm³/mol. The van der Waals surface area contributed by atoms with Crippen LogP contribution in [0.25, 0.3) is 0 Å². The summed E-state index contributed by atoms with van der Waals surface area (Å²) < 4.78 is 10.3. The number of hydrogen-bond donors (Lipinski definition) is 0. The van der Waals surface area contributed by atoms with Gasteiger partial charge in [0.05, 0.1) is 6.42 Å². The number of carbonyl (C=O) groups is 3. The highest BCUT2D eigenvalue weighted by molar-refractivity contribution is 5.89. The van der Waals surface area contributed by atoms with Crippen molar-refractivity contribution in [2.75, 3.05) is 0 Å². The molecule has 0 bridgehead atoms. The molecule has 2 rings (SSSR count). The summed E-state index contributed by atoms with van der Waals surface area (Å²) in [6, 6.07) is 0. The van der Waals surface area contributed by atoms with Crippen LogP contribution < -0.4 is 0 Å². The molecule has 5 heteroatoms. The van der Waals surface area contributed by atoms with E-state index >= 15 is 0 Å². The van der Waals surface area contributed by atoms with Gasteiger partial charge in [-0.05, 0) is 12.5 Å². The van der Waals surface area contributed by atoms with E-state index in [1.54, 1.807) is 12.2 Å². The summed E-state index contributed by atoms with van der Waals surface area (Å²) in [5, 5.41) is 0. The summed E-state index contributed by atoms with van der Waals surface area (Å²) >= 11 is 0. The largest absolute Gasteiger partial charge is 0.464 e. The van der Waals surface area contributed by atoms with Crippen LogP contribution in [-0.4, -0.2) is 30.4 Å². The number of rotatable bonds is 8. The van der Waals surface area contributed by atoms with E-state index in [9.17, 15) is 14.4 Å². The lowest BCUT2D eigenvalue weighted by molar-refractivity contribution is -0.142. The molecule has 21 heavy (non-hydrogen) atoms. The Kier molecular flexibility index (Phi) is 5.53. The number of ketones is 1. The van der Waals surface area contributed by atoms with Crippen molar-refractivity contribution in [3.8, 4) is 0 Å². The normalized spacial score (nSPS) is 31.2. The molecule has 0 spiro atoms. The number of ether oxygens (including phenoxy) is 2. The average Bonchev–Trinajstić information content (AvgIpc) is 2.93. The Balaban J connectivity index is 1.95. The predicted octanol–water partition coefficient (Wildman–Crippen LogP) is 2.19. The van der Waals surface area contributed by atoms with Crippen molar-refractivity contribution >= 4 is 18.2 Å². The molecule has 1 aliphatic heterocycles. The van der Waals surface area contributed by atoms with E-state index in [-0.39, 0.29) is 35.8 Å². The van der Waals surface area contributed by atoms with Crippen molar-refractivity contribution in [3.05, 3.63) is 12.2 Å². The van der Waals surface area contributed by atoms with Gasteiger partial charge in [-0.3, -0.25) is 14.4 Å². The molecule has 1 unspecified atom stereocenters. The minimum atomic E-state index is -0.301. The fraction of sp³-hybridized carbons (Fsp3) is 0.688. The second kappa shape index (κ2) is 7.38. The average molecular weight is 294 g/mol. The number of esters is 1. The van der Waals surface area contributed by atoms with Gasteiger partial charge in [0.25, 0.3) is 6.47 Å². The van der Waals surface area contributed by atoms with Crippen LogP contribution in [0, 0.1) is 11.8 Å². The molecule has 2 aliphatic rings. The van der Waals surface area contributed by atoms with E-state index in [1.165, 1.54) is 0 Å². The minimum Gasteiger partial charge on any atom is -0.464 e. The lowest BCUT2D eigenvalue weighted by Gasteiger charge is -2.17. The first-order valence-electron chi connectivity index (χ1n) is 7.65. The molecule has 0 radical (unpaired) electrons. The Morgan fingerprint density at radius 1 is 1.43 bits per heavy atom. The van der Waals surface area contributed by atoms with Crippen LogP contribution in [0.3, 0.4) is 0 Å². The highest BCUT2D eigenvalue weighted by Gasteiger charge is 2.50. The van der Waals surface area contributed by atoms with Gasteiger partial charge in [-0.15, -0.1) is 0 Å². The van der Waals surface area contributed by atoms with Crippen molar-refractivity contribution in [1.29, 1.82) is 0 Å². The first-order chi connectivity index (χ1) is 10.2. The third kappa shape index (κ3) is 3.93. The van der Waals surface area contributed by atoms with Gasteiger partial charge in [0.15, 0.2) is 5.78 Å². The number of hydrogen-bond acceptors (Lipinski definition) is 5. The molecule has 116 valence electrons. The number of unbranched alkanes of at least 4 members (excludes halogenated alkanes) is 2. The van der Waals surface area contributed by atoms with Crippen LogP contribution in [0.15, 0.2) is 12.2 Å². The van der Waals surface area contributed by atoms with Gasteiger partial charge in [0.1, 0.15) is 12.2 Å². The molecule has 0 N–H and O–H groups in total. The van der Waals surface area contributed by atoms with Gasteiger partial charge in [-0.2, -0.15) is 0 Å². The van der Waals surface area contributed by atoms with Crippen LogP contribution >= 0.6 is 0 Å². The van der Waals surface area contributed by atoms with Crippen LogP contribution in [0.1, 0.15) is 45.4 Å². The standard InChI is InChI=1S/C16H22O5/c1-2-3-4-5-11(18)6-7-12-13-8-16(19)21-15(13)9-14(12)20-10-17/h6-7,10,12-15H,2-5,8-9H2,1H3/b7-6+/t12-,13-,14-,15?/m1/s1. The van der Waals surface area contributed by atoms with Gasteiger partial charge in [-0.1, -0.05) is 25.8 Å². The van der Waals surface area contributed by atoms with Gasteiger partial charge in [0.2, 0.25) is 0 Å². The zero-order chi connectivity index (χ0) is 15.2. The van der Waals surface area contributed by atoms with Crippen molar-refractivity contribution in [2.45, 2.75) is 57.7 Å². The zero-order valence-electron chi connectivity index (χ0n) is 12.3. The Morgan fingerprint density at radius 2 is 2.24 bits per heavy atom. The van der Waals surface area contributed by atoms with E-state index in [0.717, 1.165) is 19.3 Å². The van der Waals surface area contributed by atoms with Gasteiger partial charge in [-0.25, -0.2) is 0 Å². The van der Waals surface area contributed by atoms with Crippen LogP contribution in [-0.2, 0) is 23.9 Å². The fourth-order valence-electron chi connectivity index (χ4n) is 3.23. The highest BCUT2D eigenvalue weighted by atomic mass is 16.6. The zero-order valence-corrected chi connectivity index (χ0v) is 12.3. The molecule has 0 amide bonds. The molecular formula is C16H22O5. The number of fused-ring (bicyclic) bond motifs is 1. The van der Waals surface area contributed by atoms with E-state index < -0.39 is 0 Å². The third-order valence-corrected chi connectivity index (χ3v) is 4.31. The maximum absolute atomic E-state index is 11.8. The van der Waals surface area contributed by atoms with Gasteiger partial charge in [0, 0.05) is 24.7 Å². The monoisotopic (exact) mass is 294 g/mol. The summed E-state index contributed by atoms with van der Waals surface area (Å²) in [5.41, 5.74) is 0. The second-order valence-corrected chi connectivity index (χ2v) is 5.76. The first kappa shape index (κ1) is 15.7. The van der Waals surface area contributed by atoms with E-state index in [1.807, 2.05) is 0 Å². The van der Waals surface area contributed by atoms with E-state index in [0.29, 0.717) is 25.7 Å². The molecule has 1 saturated carbocycles. The SMILES string of the molecule is CCCCCC(=O)/C=C/[C@H]1[C@H](OC=O)CC2OC(=O)C[C@@H]21. The second-order valence-electron chi connectivity index (χ2n) is 5.76. The molecule has 1 aliphatic carbocycles. The van der Waals surface area contributed by atoms with E-state index in [2.05, 4.69) is 6.92 Å². The molecular weight excluding hydrogens is 272 g/mol. The van der Waals surface area contributed by atoms with Gasteiger partial charge < -0.3 is 9.47 Å². The summed E-state index contributed by atoms with van der Waals surface area (Å²) in [7, 11) is 0. The molecule has 5 nitrogen and oxygen atoms in total. The van der Waals surface area contributed by atoms with E-state index in [4.69, 9.17) is 9.47 Å². The Morgan fingerprint density at radius 3 is 2.95 bits per heavy atom. The molecule has 0 aromatic rings. The lowest BCUT2D eigenvalue weighted by Crippen LogP contribution is -2.21. The highest BCUT2D eigenvalue weighted by Crippen LogP contribution is 2.43. The maximum Gasteiger partial charge on any atom is 0.306 e. The maximum atomic E-state index is 11.8. The fourth-order valence-corrected chi connectivity index (χ4v) is 3.23. The molecule has 0 aromatic carbocycles. The minimum absolute atomic E-state index is 0.0159. The van der Waals surface area contributed by atoms with Crippen molar-refractivity contribution in [1.82, 2.24) is 0 Å². The Bertz CT molecular complexity index is 428. The third-order valence-electron chi connectivity index (χ3n) is 4.31. The Hall–Kier alpha value is -1.65. The number of allylic oxidation sites excluding steroid dienone is 1. The summed E-state index contributed by atoms with van der Waals surface area (Å²) in [6.45, 7) is 2.52. The van der Waals surface area contributed by atoms with Crippen molar-refractivity contribution in [2.24, 2.45) is 11.8 Å². The number of carbonyl (C=O) groups excluding carboxylic acids is 3. The van der Waals surface area contributed by atoms with Gasteiger partial charge >= 0.3 is 5.97 Å². The molecule has 1 heterocycles. The Labute approximate surface area is 124 Å². The van der Waals surface area contributed by atoms with Crippen LogP contribution in [0.4, 0.5) is 0 Å². The quantitative estimate of drug-likeness (QED) is 0.297. The summed E-state index contributed by atoms with van der Waals surface area (Å²) in [6.07, 6.45) is 7.31. The summed E-state index contributed by atoms with van der Waals surface area (Å²) in [4.78, 5) is 33.7. The molecule has 2 fully saturated rings. The first-order valence-corrected chi connectivity index (χ1v) is 7.65. The lowest BCUT2D eigenvalue weighted by atomic mass is 9.91. The molecule has 0 aromatic heterocycles. The molecule has 4 atom stereocenters. The van der Waals surface area contributed by atoms with Crippen molar-refractivity contribution < 1.29 is 23.9 Å².